The summed E-state index contributed by atoms with van der Waals surface area (Å²) >= 11 is 0. The average molecular weight is 208 g/mol. The molecule has 84 valence electrons. The van der Waals surface area contributed by atoms with Crippen LogP contribution >= 0.6 is 0 Å². The van der Waals surface area contributed by atoms with Gasteiger partial charge in [-0.25, -0.2) is 0 Å². The van der Waals surface area contributed by atoms with Crippen molar-refractivity contribution in [3.05, 3.63) is 12.2 Å². The molecule has 0 radical (unpaired) electrons. The Morgan fingerprint density at radius 3 is 2.60 bits per heavy atom. The van der Waals surface area contributed by atoms with Gasteiger partial charge < -0.3 is 5.11 Å². The molecule has 2 heteroatoms. The van der Waals surface area contributed by atoms with Gasteiger partial charge in [0.2, 0.25) is 0 Å². The predicted molar refractivity (Wildman–Crippen MR) is 59.5 cm³/mol. The highest BCUT2D eigenvalue weighted by Gasteiger charge is 2.45. The van der Waals surface area contributed by atoms with E-state index in [9.17, 15) is 4.79 Å². The van der Waals surface area contributed by atoms with Gasteiger partial charge in [-0.15, -0.1) is 0 Å². The fourth-order valence-electron chi connectivity index (χ4n) is 3.49. The largest absolute Gasteiger partial charge is 0.481 e. The first kappa shape index (κ1) is 10.7. The van der Waals surface area contributed by atoms with Crippen LogP contribution in [-0.2, 0) is 4.79 Å². The van der Waals surface area contributed by atoms with Crippen molar-refractivity contribution in [3.63, 3.8) is 0 Å². The summed E-state index contributed by atoms with van der Waals surface area (Å²) in [5.41, 5.74) is 0.299. The van der Waals surface area contributed by atoms with Crippen LogP contribution < -0.4 is 0 Å². The molecule has 0 aliphatic heterocycles. The van der Waals surface area contributed by atoms with Crippen LogP contribution in [0.4, 0.5) is 0 Å². The summed E-state index contributed by atoms with van der Waals surface area (Å²) in [5, 5.41) is 8.77. The Labute approximate surface area is 91.4 Å². The second-order valence-corrected chi connectivity index (χ2v) is 5.59. The maximum Gasteiger partial charge on any atom is 0.303 e. The Balaban J connectivity index is 2.10. The van der Waals surface area contributed by atoms with Crippen molar-refractivity contribution in [3.8, 4) is 0 Å². The highest BCUT2D eigenvalue weighted by Crippen LogP contribution is 2.54. The molecule has 2 bridgehead atoms. The van der Waals surface area contributed by atoms with E-state index in [1.807, 2.05) is 0 Å². The van der Waals surface area contributed by atoms with E-state index in [-0.39, 0.29) is 0 Å². The summed E-state index contributed by atoms with van der Waals surface area (Å²) in [5.74, 6) is 1.21. The first-order chi connectivity index (χ1) is 7.01. The normalized spacial score (nSPS) is 36.8. The fraction of sp³-hybridized carbons (Fsp3) is 0.769. The van der Waals surface area contributed by atoms with E-state index in [0.717, 1.165) is 6.42 Å². The van der Waals surface area contributed by atoms with Gasteiger partial charge in [0.25, 0.3) is 0 Å². The topological polar surface area (TPSA) is 37.3 Å². The molecular formula is C13H20O2. The number of hydrogen-bond acceptors (Lipinski definition) is 1. The number of carbonyl (C=O) groups is 1. The third-order valence-corrected chi connectivity index (χ3v) is 4.50. The third-order valence-electron chi connectivity index (χ3n) is 4.50. The van der Waals surface area contributed by atoms with Gasteiger partial charge in [-0.1, -0.05) is 26.0 Å². The molecule has 0 amide bonds. The van der Waals surface area contributed by atoms with Gasteiger partial charge in [-0.05, 0) is 42.4 Å². The standard InChI is InChI=1S/C13H20O2/c1-13(2)10-5-3-9(4-6-10)11(13)7-8-12(14)15/h3,5,9-11H,4,6-8H2,1-2H3,(H,14,15). The Kier molecular flexibility index (Phi) is 2.61. The second kappa shape index (κ2) is 3.66. The summed E-state index contributed by atoms with van der Waals surface area (Å²) in [6, 6.07) is 0. The molecule has 1 fully saturated rings. The number of aliphatic carboxylic acids is 1. The molecule has 15 heavy (non-hydrogen) atoms. The average Bonchev–Trinajstić information content (AvgIpc) is 2.17. The van der Waals surface area contributed by atoms with E-state index >= 15 is 0 Å². The highest BCUT2D eigenvalue weighted by molar-refractivity contribution is 5.66. The molecule has 0 aromatic heterocycles. The van der Waals surface area contributed by atoms with Crippen molar-refractivity contribution in [1.29, 1.82) is 0 Å². The lowest BCUT2D eigenvalue weighted by Gasteiger charge is -2.51. The Hall–Kier alpha value is -0.790. The smallest absolute Gasteiger partial charge is 0.303 e. The minimum Gasteiger partial charge on any atom is -0.481 e. The van der Waals surface area contributed by atoms with E-state index in [4.69, 9.17) is 5.11 Å². The molecule has 3 aliphatic rings. The van der Waals surface area contributed by atoms with Crippen molar-refractivity contribution < 1.29 is 9.90 Å². The summed E-state index contributed by atoms with van der Waals surface area (Å²) in [6.45, 7) is 4.61. The zero-order valence-corrected chi connectivity index (χ0v) is 9.57. The van der Waals surface area contributed by atoms with Crippen molar-refractivity contribution in [1.82, 2.24) is 0 Å². The molecule has 1 N–H and O–H groups in total. The highest BCUT2D eigenvalue weighted by atomic mass is 16.4. The number of allylic oxidation sites excluding steroid dienone is 2. The minimum atomic E-state index is -0.656. The molecule has 1 saturated carbocycles. The molecular weight excluding hydrogens is 188 g/mol. The molecule has 0 aromatic rings. The van der Waals surface area contributed by atoms with Crippen LogP contribution in [0.5, 0.6) is 0 Å². The zero-order valence-electron chi connectivity index (χ0n) is 9.57. The van der Waals surface area contributed by atoms with Crippen LogP contribution in [0.15, 0.2) is 12.2 Å². The van der Waals surface area contributed by atoms with Gasteiger partial charge in [0.15, 0.2) is 0 Å². The molecule has 3 unspecified atom stereocenters. The fourth-order valence-corrected chi connectivity index (χ4v) is 3.49. The van der Waals surface area contributed by atoms with Crippen molar-refractivity contribution in [2.45, 2.75) is 39.5 Å². The van der Waals surface area contributed by atoms with Crippen LogP contribution in [0.2, 0.25) is 0 Å². The number of carboxylic acids is 1. The quantitative estimate of drug-likeness (QED) is 0.724. The van der Waals surface area contributed by atoms with E-state index < -0.39 is 5.97 Å². The van der Waals surface area contributed by atoms with E-state index in [1.165, 1.54) is 12.8 Å². The second-order valence-electron chi connectivity index (χ2n) is 5.59. The lowest BCUT2D eigenvalue weighted by molar-refractivity contribution is -0.137. The zero-order chi connectivity index (χ0) is 11.1. The number of rotatable bonds is 3. The van der Waals surface area contributed by atoms with Crippen LogP contribution in [0.1, 0.15) is 39.5 Å². The summed E-state index contributed by atoms with van der Waals surface area (Å²) in [6.07, 6.45) is 8.39. The van der Waals surface area contributed by atoms with Crippen molar-refractivity contribution in [2.75, 3.05) is 0 Å². The number of carboxylic acid groups (broad SMARTS) is 1. The third kappa shape index (κ3) is 1.82. The lowest BCUT2D eigenvalue weighted by Crippen LogP contribution is -2.43. The molecule has 3 atom stereocenters. The minimum absolute atomic E-state index is 0.299. The van der Waals surface area contributed by atoms with Crippen LogP contribution in [0, 0.1) is 23.2 Å². The molecule has 0 aromatic carbocycles. The summed E-state index contributed by atoms with van der Waals surface area (Å²) in [4.78, 5) is 10.6. The number of hydrogen-bond donors (Lipinski definition) is 1. The SMILES string of the molecule is CC1(C)C2C=CC(CC2)C1CCC(=O)O. The Morgan fingerprint density at radius 1 is 1.40 bits per heavy atom. The van der Waals surface area contributed by atoms with Gasteiger partial charge in [0, 0.05) is 6.42 Å². The van der Waals surface area contributed by atoms with Gasteiger partial charge in [0.05, 0.1) is 0 Å². The molecule has 0 spiro atoms. The van der Waals surface area contributed by atoms with E-state index in [1.54, 1.807) is 0 Å². The van der Waals surface area contributed by atoms with Gasteiger partial charge in [-0.2, -0.15) is 0 Å². The van der Waals surface area contributed by atoms with Crippen LogP contribution in [-0.4, -0.2) is 11.1 Å². The predicted octanol–water partition coefficient (Wildman–Crippen LogP) is 3.09. The molecule has 2 nitrogen and oxygen atoms in total. The Bertz CT molecular complexity index is 291. The van der Waals surface area contributed by atoms with Gasteiger partial charge in [0.1, 0.15) is 0 Å². The monoisotopic (exact) mass is 208 g/mol. The molecule has 3 rings (SSSR count). The molecule has 3 aliphatic carbocycles. The maximum atomic E-state index is 10.6. The van der Waals surface area contributed by atoms with Crippen LogP contribution in [0.3, 0.4) is 0 Å². The number of fused-ring (bicyclic) bond motifs is 2. The first-order valence-corrected chi connectivity index (χ1v) is 5.92. The van der Waals surface area contributed by atoms with E-state index in [2.05, 4.69) is 26.0 Å². The van der Waals surface area contributed by atoms with Crippen molar-refractivity contribution in [2.24, 2.45) is 23.2 Å². The first-order valence-electron chi connectivity index (χ1n) is 5.92. The maximum absolute atomic E-state index is 10.6. The Morgan fingerprint density at radius 2 is 2.13 bits per heavy atom. The molecule has 0 saturated heterocycles. The van der Waals surface area contributed by atoms with Crippen LogP contribution in [0.25, 0.3) is 0 Å². The molecule has 0 heterocycles. The van der Waals surface area contributed by atoms with Gasteiger partial charge in [-0.3, -0.25) is 4.79 Å². The summed E-state index contributed by atoms with van der Waals surface area (Å²) < 4.78 is 0. The van der Waals surface area contributed by atoms with Gasteiger partial charge >= 0.3 is 5.97 Å². The lowest BCUT2D eigenvalue weighted by atomic mass is 9.54. The van der Waals surface area contributed by atoms with E-state index in [0.29, 0.717) is 29.6 Å². The summed E-state index contributed by atoms with van der Waals surface area (Å²) in [7, 11) is 0. The van der Waals surface area contributed by atoms with Crippen molar-refractivity contribution >= 4 is 5.97 Å².